The van der Waals surface area contributed by atoms with Crippen molar-refractivity contribution in [2.45, 2.75) is 485 Å². The van der Waals surface area contributed by atoms with Crippen LogP contribution in [0.2, 0.25) is 0 Å². The third-order valence-electron chi connectivity index (χ3n) is 18.2. The summed E-state index contributed by atoms with van der Waals surface area (Å²) in [5.74, 6) is -17.5. The molecule has 0 unspecified atom stereocenters. The molecule has 0 bridgehead atoms. The monoisotopic (exact) mass is 1480 g/mol. The molecule has 0 aliphatic heterocycles. The van der Waals surface area contributed by atoms with Gasteiger partial charge in [0.2, 0.25) is 17.3 Å². The smallest absolute Gasteiger partial charge is 0.550 e. The fourth-order valence-corrected chi connectivity index (χ4v) is 14.1. The summed E-state index contributed by atoms with van der Waals surface area (Å²) < 4.78 is 53.2. The lowest BCUT2D eigenvalue weighted by Gasteiger charge is -2.34. The van der Waals surface area contributed by atoms with Gasteiger partial charge < -0.3 is 39.8 Å². The van der Waals surface area contributed by atoms with Gasteiger partial charge in [-0.15, -0.1) is 0 Å². The number of ketones is 6. The molecule has 0 fully saturated rings. The average Bonchev–Trinajstić information content (AvgIpc) is 0.813. The predicted octanol–water partition coefficient (Wildman–Crippen LogP) is 21.6. The number of ether oxygens (including phenoxy) is 6. The van der Waals surface area contributed by atoms with E-state index in [9.17, 15) is 43.2 Å². The second-order valence-electron chi connectivity index (χ2n) is 30.8. The fourth-order valence-electron chi connectivity index (χ4n) is 13.1. The normalized spacial score (nSPS) is 12.2. The van der Waals surface area contributed by atoms with Crippen LogP contribution >= 0.6 is 0 Å². The SMILES string of the molecule is CCCCCCCCCCCCCCCCCC(=O)C(OC(C)C)(OC(C)C)C(=O)CC(=O)[O][Al]([O]C(=O)CC(=O)C(OC(C)C)(OC(C)C)C(=O)CCCCCCCCCCCCCCCCC)[O]C(=O)CC(=O)C(OC(C)C)(OC(C)C)C(=O)CCCCCCCCCCCCCCCCC. The number of carbonyl (C=O) groups excluding carboxylic acids is 9. The summed E-state index contributed by atoms with van der Waals surface area (Å²) in [7, 11) is 0. The summed E-state index contributed by atoms with van der Waals surface area (Å²) >= 11 is -4.64. The summed E-state index contributed by atoms with van der Waals surface area (Å²) in [5, 5.41) is 0. The third kappa shape index (κ3) is 48.7. The van der Waals surface area contributed by atoms with E-state index in [0.717, 1.165) is 77.0 Å². The van der Waals surface area contributed by atoms with Crippen molar-refractivity contribution < 1.29 is 82.9 Å². The molecule has 103 heavy (non-hydrogen) atoms. The lowest BCUT2D eigenvalue weighted by Crippen LogP contribution is -2.55. The quantitative estimate of drug-likeness (QED) is 0.0238. The topological polar surface area (TPSA) is 237 Å². The van der Waals surface area contributed by atoms with Gasteiger partial charge in [0.1, 0.15) is 19.3 Å². The van der Waals surface area contributed by atoms with Gasteiger partial charge in [-0.3, -0.25) is 43.2 Å². The van der Waals surface area contributed by atoms with E-state index >= 15 is 0 Å². The van der Waals surface area contributed by atoms with E-state index in [1.54, 1.807) is 83.1 Å². The lowest BCUT2D eigenvalue weighted by molar-refractivity contribution is -0.245. The van der Waals surface area contributed by atoms with Crippen molar-refractivity contribution in [2.75, 3.05) is 0 Å². The van der Waals surface area contributed by atoms with E-state index in [-0.39, 0.29) is 19.3 Å². The Bertz CT molecular complexity index is 1970. The van der Waals surface area contributed by atoms with E-state index in [0.29, 0.717) is 38.5 Å². The third-order valence-corrected chi connectivity index (χ3v) is 19.6. The maximum Gasteiger partial charge on any atom is 1.20 e. The fraction of sp³-hybridized carbons (Fsp3) is 0.893. The molecule has 0 radical (unpaired) electrons. The van der Waals surface area contributed by atoms with Crippen LogP contribution in [0.1, 0.15) is 431 Å². The molecule has 0 saturated carbocycles. The molecule has 0 atom stereocenters. The van der Waals surface area contributed by atoms with Crippen LogP contribution in [0.3, 0.4) is 0 Å². The Morgan fingerprint density at radius 2 is 0.350 bits per heavy atom. The molecule has 0 spiro atoms. The molecule has 0 heterocycles. The Kier molecular flexibility index (Phi) is 60.6. The van der Waals surface area contributed by atoms with Crippen LogP contribution in [0, 0.1) is 0 Å². The van der Waals surface area contributed by atoms with Gasteiger partial charge in [0.15, 0.2) is 17.3 Å². The Hall–Kier alpha value is -3.28. The molecular formula is C84H153AlO18. The zero-order valence-electron chi connectivity index (χ0n) is 68.5. The molecule has 600 valence electrons. The predicted molar refractivity (Wildman–Crippen MR) is 412 cm³/mol. The Labute approximate surface area is 632 Å². The minimum absolute atomic E-state index is 0.109. The van der Waals surface area contributed by atoms with E-state index < -0.39 is 141 Å². The molecule has 0 aromatic heterocycles. The number of hydrogen-bond donors (Lipinski definition) is 0. The van der Waals surface area contributed by atoms with Crippen LogP contribution in [0.5, 0.6) is 0 Å². The highest BCUT2D eigenvalue weighted by molar-refractivity contribution is 6.45. The van der Waals surface area contributed by atoms with Gasteiger partial charge in [-0.05, 0) is 102 Å². The molecule has 0 aliphatic rings. The number of rotatable bonds is 75. The first-order valence-electron chi connectivity index (χ1n) is 42.0. The highest BCUT2D eigenvalue weighted by Gasteiger charge is 2.56. The van der Waals surface area contributed by atoms with Gasteiger partial charge in [0.25, 0.3) is 35.3 Å². The minimum atomic E-state index is -4.64. The van der Waals surface area contributed by atoms with Gasteiger partial charge in [0, 0.05) is 19.3 Å². The standard InChI is InChI=1S/3C28H52O6.Al/c3*1-6-7-8-9-10-11-12-13-14-15-16-17-18-19-20-21-25(29)28(33-23(2)3,34-24(4)5)26(30)22-27(31)32;/h3*23-24H,6-22H2,1-5H3,(H,31,32);/q;;;+3/p-3. The van der Waals surface area contributed by atoms with Crippen molar-refractivity contribution in [3.05, 3.63) is 0 Å². The summed E-state index contributed by atoms with van der Waals surface area (Å²) in [5.41, 5.74) is 0. The van der Waals surface area contributed by atoms with Crippen LogP contribution < -0.4 is 0 Å². The number of Topliss-reactive ketones (excluding diaryl/α,β-unsaturated/α-hetero) is 6. The van der Waals surface area contributed by atoms with Crippen molar-refractivity contribution in [3.63, 3.8) is 0 Å². The van der Waals surface area contributed by atoms with E-state index in [4.69, 9.17) is 39.8 Å². The highest BCUT2D eigenvalue weighted by Crippen LogP contribution is 2.31. The molecule has 0 rings (SSSR count). The Balaban J connectivity index is 6.82. The van der Waals surface area contributed by atoms with Gasteiger partial charge in [-0.2, -0.15) is 0 Å². The van der Waals surface area contributed by atoms with E-state index in [1.165, 1.54) is 173 Å². The molecule has 19 heteroatoms. The summed E-state index contributed by atoms with van der Waals surface area (Å²) in [4.78, 5) is 130. The number of unbranched alkanes of at least 4 members (excludes halogenated alkanes) is 42. The molecule has 0 aromatic carbocycles. The van der Waals surface area contributed by atoms with Gasteiger partial charge in [-0.1, -0.05) is 290 Å². The second-order valence-corrected chi connectivity index (χ2v) is 32.1. The molecule has 18 nitrogen and oxygen atoms in total. The largest absolute Gasteiger partial charge is 1.20 e. The maximum absolute atomic E-state index is 14.6. The Morgan fingerprint density at radius 3 is 0.485 bits per heavy atom. The van der Waals surface area contributed by atoms with Crippen molar-refractivity contribution in [1.29, 1.82) is 0 Å². The summed E-state index contributed by atoms with van der Waals surface area (Å²) in [6.07, 6.45) is 41.7. The van der Waals surface area contributed by atoms with E-state index in [2.05, 4.69) is 20.8 Å². The first-order chi connectivity index (χ1) is 49.2. The zero-order valence-corrected chi connectivity index (χ0v) is 69.6. The molecule has 0 N–H and O–H groups in total. The first kappa shape index (κ1) is 99.7. The van der Waals surface area contributed by atoms with Crippen molar-refractivity contribution in [1.82, 2.24) is 0 Å². The highest BCUT2D eigenvalue weighted by atomic mass is 27.3. The molecule has 0 saturated heterocycles. The van der Waals surface area contributed by atoms with E-state index in [1.807, 2.05) is 0 Å². The molecule has 0 aromatic rings. The second kappa shape index (κ2) is 62.6. The van der Waals surface area contributed by atoms with Gasteiger partial charge in [-0.25, -0.2) is 0 Å². The minimum Gasteiger partial charge on any atom is -0.550 e. The molecule has 0 amide bonds. The summed E-state index contributed by atoms with van der Waals surface area (Å²) in [6.45, 7) is 26.0. The zero-order chi connectivity index (χ0) is 77.2. The van der Waals surface area contributed by atoms with Crippen molar-refractivity contribution in [2.24, 2.45) is 0 Å². The van der Waals surface area contributed by atoms with Gasteiger partial charge in [0.05, 0.1) is 36.6 Å². The summed E-state index contributed by atoms with van der Waals surface area (Å²) in [6, 6.07) is 0. The molecular weight excluding hydrogens is 1320 g/mol. The van der Waals surface area contributed by atoms with Crippen LogP contribution in [0.4, 0.5) is 0 Å². The van der Waals surface area contributed by atoms with Crippen LogP contribution in [0.15, 0.2) is 0 Å². The van der Waals surface area contributed by atoms with Crippen molar-refractivity contribution in [3.8, 4) is 0 Å². The van der Waals surface area contributed by atoms with Crippen LogP contribution in [0.25, 0.3) is 0 Å². The number of carbonyl (C=O) groups is 9. The van der Waals surface area contributed by atoms with Crippen LogP contribution in [-0.2, 0) is 82.9 Å². The average molecular weight is 1480 g/mol. The first-order valence-corrected chi connectivity index (χ1v) is 43.4. The lowest BCUT2D eigenvalue weighted by atomic mass is 9.97. The van der Waals surface area contributed by atoms with Crippen molar-refractivity contribution >= 4 is 67.8 Å². The number of hydrogen-bond acceptors (Lipinski definition) is 18. The maximum atomic E-state index is 14.6. The Morgan fingerprint density at radius 1 is 0.214 bits per heavy atom. The van der Waals surface area contributed by atoms with Gasteiger partial charge >= 0.3 is 15.1 Å². The van der Waals surface area contributed by atoms with Crippen LogP contribution in [-0.4, -0.2) is 122 Å². The molecule has 0 aliphatic carbocycles.